The van der Waals surface area contributed by atoms with Gasteiger partial charge in [0.05, 0.1) is 78.2 Å². The summed E-state index contributed by atoms with van der Waals surface area (Å²) in [5.41, 5.74) is 8.12. The highest BCUT2D eigenvalue weighted by molar-refractivity contribution is 8.00. The van der Waals surface area contributed by atoms with E-state index in [4.69, 9.17) is 29.2 Å². The van der Waals surface area contributed by atoms with Gasteiger partial charge in [-0.15, -0.1) is 0 Å². The number of fused-ring (bicyclic) bond motifs is 1. The molecule has 0 aromatic heterocycles. The number of azide groups is 1. The molecule has 2 fully saturated rings. The smallest absolute Gasteiger partial charge is 0.315 e. The van der Waals surface area contributed by atoms with Crippen LogP contribution in [0.25, 0.3) is 10.4 Å². The summed E-state index contributed by atoms with van der Waals surface area (Å²) in [5.74, 6) is 1.01. The lowest BCUT2D eigenvalue weighted by Gasteiger charge is -2.16. The van der Waals surface area contributed by atoms with Crippen LogP contribution >= 0.6 is 11.8 Å². The van der Waals surface area contributed by atoms with Crippen LogP contribution < -0.4 is 16.0 Å². The molecule has 0 unspecified atom stereocenters. The Morgan fingerprint density at radius 1 is 0.944 bits per heavy atom. The topological polar surface area (TPSA) is 165 Å². The van der Waals surface area contributed by atoms with Gasteiger partial charge in [-0.2, -0.15) is 11.8 Å². The van der Waals surface area contributed by atoms with E-state index in [9.17, 15) is 9.59 Å². The first-order chi connectivity index (χ1) is 17.7. The molecule has 0 saturated carbocycles. The fourth-order valence-electron chi connectivity index (χ4n) is 3.76. The highest BCUT2D eigenvalue weighted by Gasteiger charge is 2.42. The van der Waals surface area contributed by atoms with Gasteiger partial charge >= 0.3 is 6.03 Å². The highest BCUT2D eigenvalue weighted by Crippen LogP contribution is 2.33. The number of urea groups is 1. The highest BCUT2D eigenvalue weighted by atomic mass is 32.2. The van der Waals surface area contributed by atoms with Crippen molar-refractivity contribution in [3.05, 3.63) is 10.4 Å². The minimum Gasteiger partial charge on any atom is -0.379 e. The van der Waals surface area contributed by atoms with Crippen LogP contribution in [0.1, 0.15) is 25.7 Å². The first-order valence-electron chi connectivity index (χ1n) is 12.6. The number of thioether (sulfide) groups is 1. The van der Waals surface area contributed by atoms with Gasteiger partial charge in [-0.25, -0.2) is 4.79 Å². The summed E-state index contributed by atoms with van der Waals surface area (Å²) >= 11 is 1.90. The molecule has 2 saturated heterocycles. The van der Waals surface area contributed by atoms with Crippen molar-refractivity contribution in [2.24, 2.45) is 5.11 Å². The zero-order valence-corrected chi connectivity index (χ0v) is 21.7. The van der Waals surface area contributed by atoms with E-state index < -0.39 is 0 Å². The van der Waals surface area contributed by atoms with Crippen LogP contribution in [-0.2, 0) is 28.5 Å². The normalized spacial score (nSPS) is 20.4. The van der Waals surface area contributed by atoms with E-state index >= 15 is 0 Å². The zero-order chi connectivity index (χ0) is 25.7. The Labute approximate surface area is 216 Å². The number of unbranched alkanes of at least 4 members (excludes halogenated alkanes) is 1. The van der Waals surface area contributed by atoms with Crippen LogP contribution in [0.15, 0.2) is 5.11 Å². The van der Waals surface area contributed by atoms with Gasteiger partial charge < -0.3 is 39.6 Å². The Balaban J connectivity index is 1.24. The standard InChI is InChI=1S/C22H40N6O7S/c23-28-25-6-8-32-10-12-34-14-16-35-15-13-33-11-9-31-7-5-24-20(29)4-2-1-3-19-21-18(17-36-19)26-22(30)27-21/h18-19,21H,1-17H2,(H,24,29)(H2,26,27,30)/t18-,19-,21-/m0/s1. The van der Waals surface area contributed by atoms with Gasteiger partial charge in [0.1, 0.15) is 0 Å². The van der Waals surface area contributed by atoms with Crippen molar-refractivity contribution in [2.45, 2.75) is 43.0 Å². The Hall–Kier alpha value is -1.80. The van der Waals surface area contributed by atoms with E-state index in [2.05, 4.69) is 26.0 Å². The first kappa shape index (κ1) is 30.4. The number of amides is 3. The zero-order valence-electron chi connectivity index (χ0n) is 20.9. The molecule has 13 nitrogen and oxygen atoms in total. The lowest BCUT2D eigenvalue weighted by molar-refractivity contribution is -0.121. The molecule has 2 heterocycles. The molecule has 0 spiro atoms. The number of carbonyl (C=O) groups excluding carboxylic acids is 2. The molecule has 2 rings (SSSR count). The van der Waals surface area contributed by atoms with Crippen LogP contribution in [0.3, 0.4) is 0 Å². The molecule has 2 aliphatic rings. The Kier molecular flexibility index (Phi) is 17.1. The van der Waals surface area contributed by atoms with E-state index in [0.717, 1.165) is 25.0 Å². The fourth-order valence-corrected chi connectivity index (χ4v) is 5.30. The van der Waals surface area contributed by atoms with Crippen molar-refractivity contribution in [3.63, 3.8) is 0 Å². The maximum Gasteiger partial charge on any atom is 0.315 e. The van der Waals surface area contributed by atoms with Gasteiger partial charge in [-0.05, 0) is 18.4 Å². The quantitative estimate of drug-likeness (QED) is 0.0581. The van der Waals surface area contributed by atoms with Crippen molar-refractivity contribution in [1.82, 2.24) is 16.0 Å². The fraction of sp³-hybridized carbons (Fsp3) is 0.909. The van der Waals surface area contributed by atoms with Crippen molar-refractivity contribution >= 4 is 23.7 Å². The third-order valence-electron chi connectivity index (χ3n) is 5.54. The summed E-state index contributed by atoms with van der Waals surface area (Å²) in [5, 5.41) is 12.6. The molecule has 0 aliphatic carbocycles. The second-order valence-electron chi connectivity index (χ2n) is 8.23. The summed E-state index contributed by atoms with van der Waals surface area (Å²) in [6, 6.07) is 0.418. The molecule has 3 N–H and O–H groups in total. The molecule has 3 amide bonds. The van der Waals surface area contributed by atoms with Gasteiger partial charge in [0, 0.05) is 35.4 Å². The number of hydrogen-bond donors (Lipinski definition) is 3. The average Bonchev–Trinajstić information content (AvgIpc) is 3.42. The second-order valence-corrected chi connectivity index (χ2v) is 9.51. The molecule has 3 atom stereocenters. The van der Waals surface area contributed by atoms with Crippen LogP contribution in [0.2, 0.25) is 0 Å². The van der Waals surface area contributed by atoms with E-state index in [-0.39, 0.29) is 24.0 Å². The summed E-state index contributed by atoms with van der Waals surface area (Å²) < 4.78 is 26.8. The molecule has 14 heteroatoms. The summed E-state index contributed by atoms with van der Waals surface area (Å²) in [6.07, 6.45) is 3.35. The van der Waals surface area contributed by atoms with Crippen LogP contribution in [0, 0.1) is 0 Å². The number of nitrogens with one attached hydrogen (secondary N) is 3. The molecule has 2 aliphatic heterocycles. The van der Waals surface area contributed by atoms with Crippen molar-refractivity contribution in [3.8, 4) is 0 Å². The van der Waals surface area contributed by atoms with E-state index in [1.807, 2.05) is 11.8 Å². The number of nitrogens with zero attached hydrogens (tertiary/aromatic N) is 3. The maximum atomic E-state index is 11.9. The minimum absolute atomic E-state index is 0.0432. The Bertz CT molecular complexity index is 671. The third-order valence-corrected chi connectivity index (χ3v) is 7.04. The van der Waals surface area contributed by atoms with Crippen molar-refractivity contribution in [2.75, 3.05) is 84.9 Å². The molecule has 0 radical (unpaired) electrons. The average molecular weight is 533 g/mol. The van der Waals surface area contributed by atoms with Crippen LogP contribution in [0.5, 0.6) is 0 Å². The SMILES string of the molecule is [N-]=[N+]=NCCOCCOCCOCCOCCOCCNC(=O)CCCC[C@@H]1SC[C@@H]2NC(=O)N[C@@H]21. The van der Waals surface area contributed by atoms with Gasteiger partial charge in [-0.3, -0.25) is 4.79 Å². The first-order valence-corrected chi connectivity index (χ1v) is 13.6. The van der Waals surface area contributed by atoms with Crippen molar-refractivity contribution in [1.29, 1.82) is 0 Å². The molecule has 36 heavy (non-hydrogen) atoms. The molecule has 0 aromatic rings. The molecule has 0 bridgehead atoms. The lowest BCUT2D eigenvalue weighted by atomic mass is 10.0. The number of rotatable bonds is 23. The molecular weight excluding hydrogens is 492 g/mol. The van der Waals surface area contributed by atoms with Crippen molar-refractivity contribution < 1.29 is 33.3 Å². The number of carbonyl (C=O) groups is 2. The summed E-state index contributed by atoms with van der Waals surface area (Å²) in [6.45, 7) is 5.43. The minimum atomic E-state index is -0.0599. The van der Waals surface area contributed by atoms with E-state index in [0.29, 0.717) is 90.8 Å². The summed E-state index contributed by atoms with van der Waals surface area (Å²) in [4.78, 5) is 26.0. The van der Waals surface area contributed by atoms with Gasteiger partial charge in [-0.1, -0.05) is 11.5 Å². The van der Waals surface area contributed by atoms with E-state index in [1.54, 1.807) is 0 Å². The van der Waals surface area contributed by atoms with E-state index in [1.165, 1.54) is 0 Å². The molecule has 206 valence electrons. The Morgan fingerprint density at radius 3 is 2.19 bits per heavy atom. The number of ether oxygens (including phenoxy) is 5. The van der Waals surface area contributed by atoms with Crippen LogP contribution in [0.4, 0.5) is 4.79 Å². The van der Waals surface area contributed by atoms with Gasteiger partial charge in [0.25, 0.3) is 0 Å². The second kappa shape index (κ2) is 20.3. The number of hydrogen-bond acceptors (Lipinski definition) is 9. The largest absolute Gasteiger partial charge is 0.379 e. The van der Waals surface area contributed by atoms with Gasteiger partial charge in [0.2, 0.25) is 5.91 Å². The Morgan fingerprint density at radius 2 is 1.56 bits per heavy atom. The lowest BCUT2D eigenvalue weighted by Crippen LogP contribution is -2.36. The predicted octanol–water partition coefficient (Wildman–Crippen LogP) is 1.22. The molecular formula is C22H40N6O7S. The molecule has 0 aromatic carbocycles. The summed E-state index contributed by atoms with van der Waals surface area (Å²) in [7, 11) is 0. The van der Waals surface area contributed by atoms with Crippen LogP contribution in [-0.4, -0.2) is 114 Å². The van der Waals surface area contributed by atoms with Gasteiger partial charge in [0.15, 0.2) is 0 Å². The predicted molar refractivity (Wildman–Crippen MR) is 135 cm³/mol. The monoisotopic (exact) mass is 532 g/mol. The maximum absolute atomic E-state index is 11.9. The third kappa shape index (κ3) is 14.1.